The molecule has 0 amide bonds. The summed E-state index contributed by atoms with van der Waals surface area (Å²) in [6, 6.07) is 7.89. The van der Waals surface area contributed by atoms with E-state index in [1.807, 2.05) is 16.8 Å². The van der Waals surface area contributed by atoms with Gasteiger partial charge < -0.3 is 4.42 Å². The zero-order chi connectivity index (χ0) is 14.8. The Labute approximate surface area is 127 Å². The van der Waals surface area contributed by atoms with E-state index >= 15 is 0 Å². The van der Waals surface area contributed by atoms with Gasteiger partial charge in [0, 0.05) is 33.6 Å². The van der Waals surface area contributed by atoms with Crippen molar-refractivity contribution < 1.29 is 13.0 Å². The summed E-state index contributed by atoms with van der Waals surface area (Å²) in [6.45, 7) is 0. The lowest BCUT2D eigenvalue weighted by Gasteiger charge is -1.95. The lowest BCUT2D eigenvalue weighted by Crippen LogP contribution is -1.94. The normalized spacial score (nSPS) is 12.5. The van der Waals surface area contributed by atoms with Crippen molar-refractivity contribution in [2.24, 2.45) is 0 Å². The van der Waals surface area contributed by atoms with Crippen LogP contribution in [-0.4, -0.2) is 15.4 Å². The summed E-state index contributed by atoms with van der Waals surface area (Å²) in [5, 5.41) is 3.90. The highest BCUT2D eigenvalue weighted by Gasteiger charge is 2.17. The number of thiophene rings is 1. The van der Waals surface area contributed by atoms with Crippen LogP contribution in [-0.2, 0) is 16.6 Å². The summed E-state index contributed by atoms with van der Waals surface area (Å²) in [5.74, 6) is 1.07. The molecule has 3 aromatic rings. The number of hydrogen-bond donors (Lipinski definition) is 0. The van der Waals surface area contributed by atoms with Gasteiger partial charge in [0.2, 0.25) is 5.89 Å². The molecule has 21 heavy (non-hydrogen) atoms. The van der Waals surface area contributed by atoms with Crippen LogP contribution >= 0.6 is 11.3 Å². The molecule has 0 aliphatic heterocycles. The maximum atomic E-state index is 13.0. The minimum absolute atomic E-state index is 0.307. The number of oxazole rings is 1. The van der Waals surface area contributed by atoms with Gasteiger partial charge in [-0.2, -0.15) is 11.3 Å². The third-order valence-electron chi connectivity index (χ3n) is 2.91. The van der Waals surface area contributed by atoms with Gasteiger partial charge >= 0.3 is 0 Å². The number of halogens is 1. The van der Waals surface area contributed by atoms with Crippen LogP contribution in [0.5, 0.6) is 0 Å². The summed E-state index contributed by atoms with van der Waals surface area (Å²) < 4.78 is 30.3. The van der Waals surface area contributed by atoms with Gasteiger partial charge in [-0.1, -0.05) is 0 Å². The Hall–Kier alpha value is -1.79. The van der Waals surface area contributed by atoms with Crippen LogP contribution in [0.1, 0.15) is 5.69 Å². The molecule has 0 aliphatic rings. The van der Waals surface area contributed by atoms with Crippen molar-refractivity contribution in [3.8, 4) is 22.8 Å². The summed E-state index contributed by atoms with van der Waals surface area (Å²) in [7, 11) is -1.01. The average Bonchev–Trinajstić information content (AvgIpc) is 3.08. The second kappa shape index (κ2) is 5.91. The number of rotatable bonds is 4. The fourth-order valence-electron chi connectivity index (χ4n) is 1.98. The molecule has 1 unspecified atom stereocenters. The molecule has 1 atom stereocenters. The van der Waals surface area contributed by atoms with Crippen LogP contribution in [0.4, 0.5) is 4.39 Å². The molecule has 3 rings (SSSR count). The Morgan fingerprint density at radius 2 is 2.00 bits per heavy atom. The second-order valence-corrected chi connectivity index (χ2v) is 6.75. The molecule has 0 fully saturated rings. The fourth-order valence-corrected chi connectivity index (χ4v) is 3.19. The smallest absolute Gasteiger partial charge is 0.227 e. The Morgan fingerprint density at radius 1 is 1.24 bits per heavy atom. The molecule has 6 heteroatoms. The Bertz CT molecular complexity index is 764. The zero-order valence-corrected chi connectivity index (χ0v) is 12.8. The minimum atomic E-state index is -1.01. The van der Waals surface area contributed by atoms with Crippen LogP contribution in [0.25, 0.3) is 22.8 Å². The molecule has 0 saturated carbocycles. The van der Waals surface area contributed by atoms with E-state index in [4.69, 9.17) is 4.42 Å². The van der Waals surface area contributed by atoms with E-state index in [-0.39, 0.29) is 5.82 Å². The number of benzene rings is 1. The first-order chi connectivity index (χ1) is 10.1. The monoisotopic (exact) mass is 321 g/mol. The summed E-state index contributed by atoms with van der Waals surface area (Å²) >= 11 is 1.56. The molecular formula is C15H12FNO2S2. The molecule has 0 bridgehead atoms. The van der Waals surface area contributed by atoms with Crippen molar-refractivity contribution in [1.29, 1.82) is 0 Å². The van der Waals surface area contributed by atoms with Gasteiger partial charge in [0.05, 0.1) is 5.75 Å². The highest BCUT2D eigenvalue weighted by atomic mass is 32.2. The standard InChI is InChI=1S/C15H12FNO2S2/c1-21(18)9-13-14(11-6-7-20-8-11)19-15(17-13)10-2-4-12(16)5-3-10/h2-8H,9H2,1H3. The first-order valence-electron chi connectivity index (χ1n) is 6.22. The van der Waals surface area contributed by atoms with Crippen LogP contribution in [0, 0.1) is 5.82 Å². The molecule has 2 aromatic heterocycles. The largest absolute Gasteiger partial charge is 0.436 e. The third-order valence-corrected chi connectivity index (χ3v) is 4.28. The van der Waals surface area contributed by atoms with Crippen LogP contribution in [0.2, 0.25) is 0 Å². The molecular weight excluding hydrogens is 309 g/mol. The van der Waals surface area contributed by atoms with E-state index < -0.39 is 10.8 Å². The highest BCUT2D eigenvalue weighted by Crippen LogP contribution is 2.31. The zero-order valence-electron chi connectivity index (χ0n) is 11.2. The Balaban J connectivity index is 2.07. The van der Waals surface area contributed by atoms with Crippen LogP contribution < -0.4 is 0 Å². The average molecular weight is 321 g/mol. The minimum Gasteiger partial charge on any atom is -0.436 e. The van der Waals surface area contributed by atoms with Crippen LogP contribution in [0.15, 0.2) is 45.5 Å². The summed E-state index contributed by atoms with van der Waals surface area (Å²) in [4.78, 5) is 4.43. The molecule has 108 valence electrons. The quantitative estimate of drug-likeness (QED) is 0.727. The van der Waals surface area contributed by atoms with Gasteiger partial charge in [-0.05, 0) is 35.7 Å². The topological polar surface area (TPSA) is 43.1 Å². The van der Waals surface area contributed by atoms with Gasteiger partial charge in [0.25, 0.3) is 0 Å². The van der Waals surface area contributed by atoms with E-state index in [1.54, 1.807) is 29.7 Å². The first kappa shape index (κ1) is 14.2. The molecule has 0 spiro atoms. The van der Waals surface area contributed by atoms with E-state index in [1.165, 1.54) is 12.1 Å². The number of hydrogen-bond acceptors (Lipinski definition) is 4. The van der Waals surface area contributed by atoms with E-state index in [9.17, 15) is 8.60 Å². The second-order valence-electron chi connectivity index (χ2n) is 4.53. The van der Waals surface area contributed by atoms with Gasteiger partial charge in [0.15, 0.2) is 5.76 Å². The van der Waals surface area contributed by atoms with Crippen molar-refractivity contribution in [2.45, 2.75) is 5.75 Å². The Kier molecular flexibility index (Phi) is 3.98. The van der Waals surface area contributed by atoms with Crippen LogP contribution in [0.3, 0.4) is 0 Å². The SMILES string of the molecule is CS(=O)Cc1nc(-c2ccc(F)cc2)oc1-c1ccsc1. The Morgan fingerprint density at radius 3 is 2.62 bits per heavy atom. The predicted molar refractivity (Wildman–Crippen MR) is 83.0 cm³/mol. The fraction of sp³-hybridized carbons (Fsp3) is 0.133. The molecule has 1 aromatic carbocycles. The van der Waals surface area contributed by atoms with Crippen molar-refractivity contribution in [2.75, 3.05) is 6.26 Å². The van der Waals surface area contributed by atoms with Gasteiger partial charge in [0.1, 0.15) is 11.5 Å². The maximum absolute atomic E-state index is 13.0. The predicted octanol–water partition coefficient (Wildman–Crippen LogP) is 4.09. The van der Waals surface area contributed by atoms with Crippen molar-refractivity contribution in [1.82, 2.24) is 4.98 Å². The third kappa shape index (κ3) is 3.11. The molecule has 2 heterocycles. The lowest BCUT2D eigenvalue weighted by atomic mass is 10.2. The first-order valence-corrected chi connectivity index (χ1v) is 8.89. The lowest BCUT2D eigenvalue weighted by molar-refractivity contribution is 0.587. The van der Waals surface area contributed by atoms with Crippen molar-refractivity contribution in [3.63, 3.8) is 0 Å². The maximum Gasteiger partial charge on any atom is 0.227 e. The molecule has 0 saturated heterocycles. The number of nitrogens with zero attached hydrogens (tertiary/aromatic N) is 1. The van der Waals surface area contributed by atoms with Crippen molar-refractivity contribution >= 4 is 22.1 Å². The van der Waals surface area contributed by atoms with E-state index in [0.29, 0.717) is 28.7 Å². The van der Waals surface area contributed by atoms with Gasteiger partial charge in [-0.3, -0.25) is 4.21 Å². The van der Waals surface area contributed by atoms with Crippen molar-refractivity contribution in [3.05, 3.63) is 52.6 Å². The van der Waals surface area contributed by atoms with Gasteiger partial charge in [-0.25, -0.2) is 9.37 Å². The molecule has 0 radical (unpaired) electrons. The van der Waals surface area contributed by atoms with E-state index in [2.05, 4.69) is 4.98 Å². The highest BCUT2D eigenvalue weighted by molar-refractivity contribution is 7.83. The van der Waals surface area contributed by atoms with E-state index in [0.717, 1.165) is 5.56 Å². The number of aromatic nitrogens is 1. The van der Waals surface area contributed by atoms with Gasteiger partial charge in [-0.15, -0.1) is 0 Å². The molecule has 0 N–H and O–H groups in total. The summed E-state index contributed by atoms with van der Waals surface area (Å²) in [6.07, 6.45) is 1.63. The molecule has 0 aliphatic carbocycles. The molecule has 3 nitrogen and oxygen atoms in total. The summed E-state index contributed by atoms with van der Waals surface area (Å²) in [5.41, 5.74) is 2.27.